The van der Waals surface area contributed by atoms with Crippen molar-refractivity contribution in [1.29, 1.82) is 0 Å². The zero-order valence-electron chi connectivity index (χ0n) is 6.81. The van der Waals surface area contributed by atoms with Crippen molar-refractivity contribution >= 4 is 0 Å². The lowest BCUT2D eigenvalue weighted by molar-refractivity contribution is -0.282. The van der Waals surface area contributed by atoms with Gasteiger partial charge in [0, 0.05) is 11.6 Å². The molecule has 0 heterocycles. The van der Waals surface area contributed by atoms with Gasteiger partial charge in [-0.05, 0) is 6.07 Å². The lowest BCUT2D eigenvalue weighted by atomic mass is 10.2. The van der Waals surface area contributed by atoms with E-state index in [4.69, 9.17) is 0 Å². The van der Waals surface area contributed by atoms with Crippen molar-refractivity contribution in [2.24, 2.45) is 0 Å². The van der Waals surface area contributed by atoms with Gasteiger partial charge >= 0.3 is 0 Å². The lowest BCUT2D eigenvalue weighted by Gasteiger charge is -2.03. The molecule has 1 aromatic rings. The quantitative estimate of drug-likeness (QED) is 0.415. The number of hydrogen-bond acceptors (Lipinski definition) is 2. The van der Waals surface area contributed by atoms with Crippen LogP contribution in [0.1, 0.15) is 5.56 Å². The van der Waals surface area contributed by atoms with Crippen LogP contribution >= 0.6 is 0 Å². The van der Waals surface area contributed by atoms with Crippen molar-refractivity contribution in [3.8, 4) is 0 Å². The molecule has 0 fully saturated rings. The zero-order valence-corrected chi connectivity index (χ0v) is 6.81. The fourth-order valence-corrected chi connectivity index (χ4v) is 0.837. The van der Waals surface area contributed by atoms with Crippen LogP contribution in [0.3, 0.4) is 0 Å². The monoisotopic (exact) mass is 192 g/mol. The second-order valence-electron chi connectivity index (χ2n) is 2.29. The molecule has 0 unspecified atom stereocenters. The maximum Gasteiger partial charge on any atom is 0.164 e. The van der Waals surface area contributed by atoms with Crippen LogP contribution in [-0.2, 0) is 16.4 Å². The highest BCUT2D eigenvalue weighted by Gasteiger charge is 2.10. The van der Waals surface area contributed by atoms with Gasteiger partial charge in [0.15, 0.2) is 11.6 Å². The van der Waals surface area contributed by atoms with Crippen LogP contribution in [0.2, 0.25) is 0 Å². The highest BCUT2D eigenvalue weighted by atomic mass is 19.2. The number of rotatable bonds is 3. The van der Waals surface area contributed by atoms with Gasteiger partial charge in [0.05, 0.1) is 7.11 Å². The Labute approximate surface area is 72.8 Å². The molecule has 0 saturated heterocycles. The van der Waals surface area contributed by atoms with E-state index < -0.39 is 17.5 Å². The molecule has 1 rings (SSSR count). The lowest BCUT2D eigenvalue weighted by Crippen LogP contribution is -1.99. The van der Waals surface area contributed by atoms with Gasteiger partial charge in [-0.1, -0.05) is 0 Å². The summed E-state index contributed by atoms with van der Waals surface area (Å²) in [6.07, 6.45) is 0. The predicted molar refractivity (Wildman–Crippen MR) is 38.1 cm³/mol. The first-order valence-electron chi connectivity index (χ1n) is 3.44. The van der Waals surface area contributed by atoms with E-state index >= 15 is 0 Å². The number of hydrogen-bond donors (Lipinski definition) is 0. The second kappa shape index (κ2) is 4.25. The van der Waals surface area contributed by atoms with Crippen molar-refractivity contribution in [3.05, 3.63) is 35.1 Å². The molecule has 0 aliphatic carbocycles. The van der Waals surface area contributed by atoms with Crippen LogP contribution in [0.25, 0.3) is 0 Å². The van der Waals surface area contributed by atoms with Crippen molar-refractivity contribution in [1.82, 2.24) is 0 Å². The van der Waals surface area contributed by atoms with E-state index in [9.17, 15) is 13.2 Å². The Morgan fingerprint density at radius 1 is 1.23 bits per heavy atom. The van der Waals surface area contributed by atoms with E-state index in [0.717, 1.165) is 6.07 Å². The van der Waals surface area contributed by atoms with Crippen LogP contribution < -0.4 is 0 Å². The molecular formula is C8H7F3O2. The first-order chi connectivity index (χ1) is 6.15. The van der Waals surface area contributed by atoms with Gasteiger partial charge in [0.25, 0.3) is 0 Å². The Morgan fingerprint density at radius 2 is 1.92 bits per heavy atom. The van der Waals surface area contributed by atoms with Crippen LogP contribution in [0.5, 0.6) is 0 Å². The summed E-state index contributed by atoms with van der Waals surface area (Å²) in [5.74, 6) is -3.22. The van der Waals surface area contributed by atoms with Crippen LogP contribution in [-0.4, -0.2) is 7.11 Å². The molecule has 0 amide bonds. The molecule has 0 aliphatic heterocycles. The molecule has 0 aliphatic rings. The van der Waals surface area contributed by atoms with Gasteiger partial charge in [-0.15, -0.1) is 0 Å². The van der Waals surface area contributed by atoms with E-state index in [2.05, 4.69) is 9.78 Å². The van der Waals surface area contributed by atoms with Gasteiger partial charge < -0.3 is 0 Å². The normalized spacial score (nSPS) is 10.5. The van der Waals surface area contributed by atoms with Gasteiger partial charge in [0.1, 0.15) is 12.4 Å². The molecular weight excluding hydrogens is 185 g/mol. The summed E-state index contributed by atoms with van der Waals surface area (Å²) in [4.78, 5) is 8.51. The third-order valence-electron chi connectivity index (χ3n) is 1.40. The second-order valence-corrected chi connectivity index (χ2v) is 2.29. The van der Waals surface area contributed by atoms with Gasteiger partial charge in [-0.3, -0.25) is 0 Å². The van der Waals surface area contributed by atoms with Gasteiger partial charge in [0.2, 0.25) is 0 Å². The largest absolute Gasteiger partial charge is 0.240 e. The third kappa shape index (κ3) is 2.43. The van der Waals surface area contributed by atoms with E-state index in [1.807, 2.05) is 0 Å². The minimum atomic E-state index is -1.24. The molecule has 13 heavy (non-hydrogen) atoms. The average Bonchev–Trinajstić information content (AvgIpc) is 2.09. The summed E-state index contributed by atoms with van der Waals surface area (Å²) in [7, 11) is 1.22. The predicted octanol–water partition coefficient (Wildman–Crippen LogP) is 2.18. The highest BCUT2D eigenvalue weighted by Crippen LogP contribution is 2.14. The summed E-state index contributed by atoms with van der Waals surface area (Å²) in [6.45, 7) is -0.336. The van der Waals surface area contributed by atoms with E-state index in [1.54, 1.807) is 0 Å². The van der Waals surface area contributed by atoms with Crippen molar-refractivity contribution < 1.29 is 22.9 Å². The molecule has 0 atom stereocenters. The first-order valence-corrected chi connectivity index (χ1v) is 3.44. The molecule has 72 valence electrons. The molecule has 0 saturated carbocycles. The van der Waals surface area contributed by atoms with Gasteiger partial charge in [-0.25, -0.2) is 22.9 Å². The average molecular weight is 192 g/mol. The van der Waals surface area contributed by atoms with Crippen LogP contribution in [0.4, 0.5) is 13.2 Å². The zero-order chi connectivity index (χ0) is 9.84. The van der Waals surface area contributed by atoms with Gasteiger partial charge in [-0.2, -0.15) is 0 Å². The first kappa shape index (κ1) is 10.0. The van der Waals surface area contributed by atoms with E-state index in [-0.39, 0.29) is 12.2 Å². The molecule has 2 nitrogen and oxygen atoms in total. The van der Waals surface area contributed by atoms with E-state index in [1.165, 1.54) is 7.11 Å². The Bertz CT molecular complexity index is 302. The maximum absolute atomic E-state index is 12.8. The molecule has 5 heteroatoms. The fraction of sp³-hybridized carbons (Fsp3) is 0.250. The van der Waals surface area contributed by atoms with E-state index in [0.29, 0.717) is 6.07 Å². The molecule has 0 N–H and O–H groups in total. The van der Waals surface area contributed by atoms with Crippen LogP contribution in [0.15, 0.2) is 12.1 Å². The molecule has 0 spiro atoms. The molecule has 0 bridgehead atoms. The topological polar surface area (TPSA) is 18.5 Å². The SMILES string of the molecule is COOCc1cc(F)cc(F)c1F. The number of halogens is 3. The summed E-state index contributed by atoms with van der Waals surface area (Å²) < 4.78 is 37.9. The Kier molecular flexibility index (Phi) is 3.27. The summed E-state index contributed by atoms with van der Waals surface area (Å²) in [6, 6.07) is 1.31. The minimum absolute atomic E-state index is 0.223. The Morgan fingerprint density at radius 3 is 2.54 bits per heavy atom. The third-order valence-corrected chi connectivity index (χ3v) is 1.40. The summed E-state index contributed by atoms with van der Waals surface area (Å²) in [5.41, 5.74) is -0.223. The standard InChI is InChI=1S/C8H7F3O2/c1-12-13-4-5-2-6(9)3-7(10)8(5)11/h2-3H,4H2,1H3. The van der Waals surface area contributed by atoms with Crippen molar-refractivity contribution in [3.63, 3.8) is 0 Å². The molecule has 0 aromatic heterocycles. The Balaban J connectivity index is 2.92. The summed E-state index contributed by atoms with van der Waals surface area (Å²) in [5, 5.41) is 0. The van der Waals surface area contributed by atoms with Crippen LogP contribution in [0, 0.1) is 17.5 Å². The highest BCUT2D eigenvalue weighted by molar-refractivity contribution is 5.19. The summed E-state index contributed by atoms with van der Waals surface area (Å²) >= 11 is 0. The maximum atomic E-state index is 12.8. The minimum Gasteiger partial charge on any atom is -0.240 e. The fourth-order valence-electron chi connectivity index (χ4n) is 0.837. The van der Waals surface area contributed by atoms with Crippen molar-refractivity contribution in [2.45, 2.75) is 6.61 Å². The number of benzene rings is 1. The Hall–Kier alpha value is -1.07. The molecule has 0 radical (unpaired) electrons. The molecule has 1 aromatic carbocycles. The smallest absolute Gasteiger partial charge is 0.164 e. The van der Waals surface area contributed by atoms with Crippen molar-refractivity contribution in [2.75, 3.05) is 7.11 Å².